The average molecular weight is 819 g/mol. The number of aliphatic carboxylic acids is 2. The molecule has 0 saturated carbocycles. The second-order valence-corrected chi connectivity index (χ2v) is 14.1. The van der Waals surface area contributed by atoms with Gasteiger partial charge in [-0.3, -0.25) is 19.6 Å². The minimum Gasteiger partial charge on any atom is -0.548 e. The van der Waals surface area contributed by atoms with Crippen molar-refractivity contribution in [3.05, 3.63) is 45.5 Å². The van der Waals surface area contributed by atoms with Crippen molar-refractivity contribution in [1.29, 1.82) is 0 Å². The van der Waals surface area contributed by atoms with E-state index < -0.39 is 83.4 Å². The number of carbonyl (C=O) groups excluding carboxylic acids is 4. The van der Waals surface area contributed by atoms with Gasteiger partial charge >= 0.3 is 59.1 Å². The molecule has 2 unspecified atom stereocenters. The van der Waals surface area contributed by atoms with E-state index in [-0.39, 0.29) is 115 Å². The number of carboxylic acid groups (broad SMARTS) is 2. The Labute approximate surface area is 378 Å². The molecule has 0 aromatic heterocycles. The molecule has 2 atom stereocenters. The van der Waals surface area contributed by atoms with Gasteiger partial charge in [0.2, 0.25) is 11.8 Å². The van der Waals surface area contributed by atoms with Gasteiger partial charge in [-0.05, 0) is 61.4 Å². The first kappa shape index (κ1) is 49.6. The van der Waals surface area contributed by atoms with Crippen LogP contribution < -0.4 is 80.0 Å². The maximum Gasteiger partial charge on any atom is 1.00 e. The number of aromatic hydroxyl groups is 6. The first-order chi connectivity index (χ1) is 26.1. The molecule has 4 aromatic rings. The molecule has 298 valence electrons. The number of rotatable bonds is 13. The van der Waals surface area contributed by atoms with Gasteiger partial charge in [-0.2, -0.15) is 0 Å². The van der Waals surface area contributed by atoms with Crippen LogP contribution in [0.5, 0.6) is 34.5 Å². The number of amides is 2. The van der Waals surface area contributed by atoms with Crippen molar-refractivity contribution < 1.29 is 119 Å². The summed E-state index contributed by atoms with van der Waals surface area (Å²) >= 11 is 0. The number of nitrogens with zero attached hydrogens (tertiary/aromatic N) is 2. The summed E-state index contributed by atoms with van der Waals surface area (Å²) in [6, 6.07) is 0.908. The van der Waals surface area contributed by atoms with E-state index >= 15 is 0 Å². The Morgan fingerprint density at radius 1 is 0.586 bits per heavy atom. The fraction of sp³-hybridized carbons (Fsp3) is 0.350. The van der Waals surface area contributed by atoms with Gasteiger partial charge in [-0.15, -0.1) is 0 Å². The fourth-order valence-electron chi connectivity index (χ4n) is 6.75. The van der Waals surface area contributed by atoms with Crippen LogP contribution in [0.4, 0.5) is 0 Å². The van der Waals surface area contributed by atoms with Crippen molar-refractivity contribution in [3.63, 3.8) is 0 Å². The molecule has 8 N–H and O–H groups in total. The molecule has 0 saturated heterocycles. The maximum atomic E-state index is 12.5. The van der Waals surface area contributed by atoms with Crippen LogP contribution in [-0.4, -0.2) is 92.0 Å². The summed E-state index contributed by atoms with van der Waals surface area (Å²) in [4.78, 5) is 55.0. The van der Waals surface area contributed by atoms with Crippen LogP contribution in [0.3, 0.4) is 0 Å². The van der Waals surface area contributed by atoms with Crippen molar-refractivity contribution in [2.45, 2.75) is 79.3 Å². The smallest absolute Gasteiger partial charge is 0.548 e. The third kappa shape index (κ3) is 9.81. The Morgan fingerprint density at radius 3 is 1.17 bits per heavy atom. The van der Waals surface area contributed by atoms with E-state index in [9.17, 15) is 60.0 Å². The fourth-order valence-corrected chi connectivity index (χ4v) is 6.75. The number of phenols is 6. The molecule has 0 aliphatic heterocycles. The average Bonchev–Trinajstić information content (AvgIpc) is 3.10. The molecule has 2 amide bonds. The number of aliphatic imine (C=N–C) groups is 2. The van der Waals surface area contributed by atoms with Crippen LogP contribution in [0.1, 0.15) is 86.8 Å². The van der Waals surface area contributed by atoms with Crippen LogP contribution in [-0.2, 0) is 19.2 Å². The minimum absolute atomic E-state index is 0. The van der Waals surface area contributed by atoms with Crippen LogP contribution in [0.25, 0.3) is 32.7 Å². The molecule has 0 fully saturated rings. The van der Waals surface area contributed by atoms with Crippen molar-refractivity contribution >= 4 is 57.7 Å². The van der Waals surface area contributed by atoms with Crippen LogP contribution in [0.15, 0.2) is 22.1 Å². The van der Waals surface area contributed by atoms with Crippen LogP contribution >= 0.6 is 0 Å². The van der Waals surface area contributed by atoms with Gasteiger partial charge in [0.25, 0.3) is 0 Å². The molecule has 0 heterocycles. The molecule has 4 aromatic carbocycles. The molecular weight excluding hydrogens is 774 g/mol. The SMILES string of the molecule is Cc1cc2c(C(C)C)c(O)c(O)c(C=NC(C)C(=O)NCC(=O)[O-])c2c(O)c1-c1c(C)cc2c(C(C)C)c(O)c(O)c(C=NC(C)C(=O)NCC(=O)[O-])c2c1O.[Na+].[Na+]. The third-order valence-electron chi connectivity index (χ3n) is 9.42. The summed E-state index contributed by atoms with van der Waals surface area (Å²) in [6.45, 7) is 11.5. The summed E-state index contributed by atoms with van der Waals surface area (Å²) in [7, 11) is 0. The van der Waals surface area contributed by atoms with Gasteiger partial charge in [0.05, 0.1) is 25.0 Å². The zero-order valence-corrected chi connectivity index (χ0v) is 38.1. The van der Waals surface area contributed by atoms with E-state index in [1.807, 2.05) is 0 Å². The van der Waals surface area contributed by atoms with E-state index in [4.69, 9.17) is 0 Å². The Bertz CT molecular complexity index is 2200. The molecule has 4 rings (SSSR count). The number of nitrogens with one attached hydrogen (secondary N) is 2. The number of benzene rings is 4. The van der Waals surface area contributed by atoms with E-state index in [1.54, 1.807) is 53.7 Å². The third-order valence-corrected chi connectivity index (χ3v) is 9.42. The first-order valence-electron chi connectivity index (χ1n) is 17.6. The Hall–Kier alpha value is -4.58. The summed E-state index contributed by atoms with van der Waals surface area (Å²) in [5.41, 5.74) is 1.11. The van der Waals surface area contributed by atoms with Crippen molar-refractivity contribution in [2.75, 3.05) is 13.1 Å². The standard InChI is InChI=1S/C40H46N4O12.2Na/c1-15(2)27-21-9-17(5)29(35(51)31(21)23(33(49)37(27)53)11-41-19(7)39(55)43-13-25(45)46)30-18(6)10-22-28(16(3)4)38(54)34(50)24(32(22)36(30)52)12-42-20(8)40(56)44-14-26(47)48;;/h9-12,15-16,19-20,49-54H,13-14H2,1-8H3,(H,43,55)(H,44,56)(H,45,46)(H,47,48);;/q;2*+1/p-2. The van der Waals surface area contributed by atoms with E-state index in [0.29, 0.717) is 21.9 Å². The number of phenolic OH excluding ortho intramolecular Hbond substituents is 6. The van der Waals surface area contributed by atoms with Crippen molar-refractivity contribution in [1.82, 2.24) is 10.6 Å². The van der Waals surface area contributed by atoms with Crippen LogP contribution in [0, 0.1) is 13.8 Å². The zero-order chi connectivity index (χ0) is 42.1. The van der Waals surface area contributed by atoms with Gasteiger partial charge in [0.1, 0.15) is 23.6 Å². The monoisotopic (exact) mass is 818 g/mol. The molecule has 0 bridgehead atoms. The summed E-state index contributed by atoms with van der Waals surface area (Å²) in [5, 5.41) is 96.1. The molecule has 18 heteroatoms. The second kappa shape index (κ2) is 19.9. The normalized spacial score (nSPS) is 12.5. The van der Waals surface area contributed by atoms with E-state index in [0.717, 1.165) is 12.4 Å². The molecule has 0 aliphatic carbocycles. The summed E-state index contributed by atoms with van der Waals surface area (Å²) in [6.07, 6.45) is 2.12. The van der Waals surface area contributed by atoms with Crippen LogP contribution in [0.2, 0.25) is 0 Å². The molecule has 0 radical (unpaired) electrons. The quantitative estimate of drug-likeness (QED) is 0.0366. The van der Waals surface area contributed by atoms with E-state index in [2.05, 4.69) is 20.6 Å². The largest absolute Gasteiger partial charge is 1.00 e. The van der Waals surface area contributed by atoms with Crippen molar-refractivity contribution in [2.24, 2.45) is 9.98 Å². The predicted octanol–water partition coefficient (Wildman–Crippen LogP) is -3.89. The van der Waals surface area contributed by atoms with Gasteiger partial charge in [-0.1, -0.05) is 39.8 Å². The molecular formula is C40H44N4Na2O12. The first-order valence-corrected chi connectivity index (χ1v) is 17.6. The zero-order valence-electron chi connectivity index (χ0n) is 34.1. The number of carbonyl (C=O) groups is 4. The topological polar surface area (TPSA) is 285 Å². The number of hydrogen-bond donors (Lipinski definition) is 8. The van der Waals surface area contributed by atoms with Crippen molar-refractivity contribution in [3.8, 4) is 45.6 Å². The molecule has 58 heavy (non-hydrogen) atoms. The minimum atomic E-state index is -1.52. The van der Waals surface area contributed by atoms with Gasteiger partial charge in [0, 0.05) is 56.6 Å². The Balaban J connectivity index is 0.00000580. The number of hydrogen-bond acceptors (Lipinski definition) is 14. The van der Waals surface area contributed by atoms with E-state index in [1.165, 1.54) is 13.8 Å². The Morgan fingerprint density at radius 2 is 0.897 bits per heavy atom. The summed E-state index contributed by atoms with van der Waals surface area (Å²) in [5.74, 6) is -8.65. The summed E-state index contributed by atoms with van der Waals surface area (Å²) < 4.78 is 0. The maximum absolute atomic E-state index is 12.5. The molecule has 0 aliphatic rings. The Kier molecular flexibility index (Phi) is 17.0. The second-order valence-electron chi connectivity index (χ2n) is 14.1. The van der Waals surface area contributed by atoms with Gasteiger partial charge in [-0.25, -0.2) is 0 Å². The predicted molar refractivity (Wildman–Crippen MR) is 205 cm³/mol. The van der Waals surface area contributed by atoms with Gasteiger partial charge in [0.15, 0.2) is 23.0 Å². The number of aryl methyl sites for hydroxylation is 2. The number of carboxylic acids is 2. The molecule has 16 nitrogen and oxygen atoms in total. The molecule has 0 spiro atoms. The number of fused-ring (bicyclic) bond motifs is 2. The van der Waals surface area contributed by atoms with Gasteiger partial charge < -0.3 is 61.1 Å².